The predicted molar refractivity (Wildman–Crippen MR) is 65.7 cm³/mol. The summed E-state index contributed by atoms with van der Waals surface area (Å²) in [5.74, 6) is -1.86. The normalized spacial score (nSPS) is 12.4. The smallest absolute Gasteiger partial charge is 0.366 e. The van der Waals surface area contributed by atoms with Crippen molar-refractivity contribution in [3.63, 3.8) is 0 Å². The number of halogens is 2. The first-order valence-corrected chi connectivity index (χ1v) is 5.47. The van der Waals surface area contributed by atoms with Crippen molar-refractivity contribution in [3.8, 4) is 0 Å². The summed E-state index contributed by atoms with van der Waals surface area (Å²) in [6.07, 6.45) is 1.24. The molecule has 17 heavy (non-hydrogen) atoms. The molecule has 0 aliphatic carbocycles. The number of ether oxygens (including phenoxy) is 1. The topological polar surface area (TPSA) is 26.3 Å². The van der Waals surface area contributed by atoms with Crippen molar-refractivity contribution in [2.45, 2.75) is 19.3 Å². The van der Waals surface area contributed by atoms with Crippen molar-refractivity contribution in [1.29, 1.82) is 0 Å². The standard InChI is InChI=1S/C13H14ClFO2/c1-13(2,8-11(15)12(16)17-3)9-4-6-10(14)7-5-9/h4-8H,1-3H3/b11-8-. The van der Waals surface area contributed by atoms with E-state index in [0.29, 0.717) is 5.02 Å². The molecule has 0 heterocycles. The predicted octanol–water partition coefficient (Wildman–Crippen LogP) is 3.64. The minimum absolute atomic E-state index is 0.608. The van der Waals surface area contributed by atoms with Crippen LogP contribution in [0, 0.1) is 0 Å². The van der Waals surface area contributed by atoms with Gasteiger partial charge in [0.2, 0.25) is 5.83 Å². The molecule has 0 aromatic heterocycles. The summed E-state index contributed by atoms with van der Waals surface area (Å²) >= 11 is 5.78. The number of carbonyl (C=O) groups is 1. The van der Waals surface area contributed by atoms with E-state index in [1.807, 2.05) is 0 Å². The van der Waals surface area contributed by atoms with Gasteiger partial charge >= 0.3 is 5.97 Å². The van der Waals surface area contributed by atoms with Gasteiger partial charge in [-0.05, 0) is 23.8 Å². The van der Waals surface area contributed by atoms with Crippen molar-refractivity contribution in [2.75, 3.05) is 7.11 Å². The van der Waals surface area contributed by atoms with Crippen LogP contribution < -0.4 is 0 Å². The summed E-state index contributed by atoms with van der Waals surface area (Å²) in [5.41, 5.74) is 0.254. The Labute approximate surface area is 105 Å². The molecule has 0 amide bonds. The Bertz CT molecular complexity index is 435. The lowest BCUT2D eigenvalue weighted by molar-refractivity contribution is -0.137. The third-order valence-electron chi connectivity index (χ3n) is 2.46. The largest absolute Gasteiger partial charge is 0.464 e. The number of rotatable bonds is 3. The summed E-state index contributed by atoms with van der Waals surface area (Å²) in [4.78, 5) is 11.0. The molecule has 0 aliphatic heterocycles. The SMILES string of the molecule is COC(=O)/C(F)=C/C(C)(C)c1ccc(Cl)cc1. The van der Waals surface area contributed by atoms with Crippen LogP contribution in [0.5, 0.6) is 0 Å². The number of hydrogen-bond donors (Lipinski definition) is 0. The highest BCUT2D eigenvalue weighted by atomic mass is 35.5. The molecule has 0 atom stereocenters. The molecule has 0 bridgehead atoms. The van der Waals surface area contributed by atoms with E-state index < -0.39 is 17.2 Å². The molecule has 0 saturated heterocycles. The highest BCUT2D eigenvalue weighted by Crippen LogP contribution is 2.27. The fraction of sp³-hybridized carbons (Fsp3) is 0.308. The van der Waals surface area contributed by atoms with Crippen LogP contribution in [0.25, 0.3) is 0 Å². The zero-order valence-electron chi connectivity index (χ0n) is 9.96. The first kappa shape index (κ1) is 13.7. The Hall–Kier alpha value is -1.35. The maximum absolute atomic E-state index is 13.4. The molecule has 0 fully saturated rings. The lowest BCUT2D eigenvalue weighted by atomic mass is 9.84. The third-order valence-corrected chi connectivity index (χ3v) is 2.71. The summed E-state index contributed by atoms with van der Waals surface area (Å²) < 4.78 is 17.7. The summed E-state index contributed by atoms with van der Waals surface area (Å²) in [6, 6.07) is 7.04. The van der Waals surface area contributed by atoms with E-state index in [0.717, 1.165) is 12.7 Å². The van der Waals surface area contributed by atoms with Crippen molar-refractivity contribution in [2.24, 2.45) is 0 Å². The van der Waals surface area contributed by atoms with Gasteiger partial charge in [0.05, 0.1) is 7.11 Å². The van der Waals surface area contributed by atoms with Gasteiger partial charge in [-0.3, -0.25) is 0 Å². The first-order chi connectivity index (χ1) is 7.86. The maximum atomic E-state index is 13.4. The molecule has 0 N–H and O–H groups in total. The molecule has 1 rings (SSSR count). The van der Waals surface area contributed by atoms with Crippen LogP contribution in [0.2, 0.25) is 5.02 Å². The number of hydrogen-bond acceptors (Lipinski definition) is 2. The Balaban J connectivity index is 3.03. The van der Waals surface area contributed by atoms with Crippen LogP contribution in [-0.2, 0) is 14.9 Å². The van der Waals surface area contributed by atoms with Crippen LogP contribution in [0.15, 0.2) is 36.2 Å². The molecule has 1 aromatic carbocycles. The summed E-state index contributed by atoms with van der Waals surface area (Å²) in [5, 5.41) is 0.613. The molecule has 0 saturated carbocycles. The quantitative estimate of drug-likeness (QED) is 0.610. The Morgan fingerprint density at radius 3 is 2.35 bits per heavy atom. The highest BCUT2D eigenvalue weighted by Gasteiger charge is 2.21. The van der Waals surface area contributed by atoms with Crippen LogP contribution in [0.1, 0.15) is 19.4 Å². The van der Waals surface area contributed by atoms with E-state index in [1.165, 1.54) is 6.08 Å². The van der Waals surface area contributed by atoms with Gasteiger partial charge in [-0.1, -0.05) is 37.6 Å². The van der Waals surface area contributed by atoms with Crippen molar-refractivity contribution in [3.05, 3.63) is 46.8 Å². The Kier molecular flexibility index (Phi) is 4.29. The highest BCUT2D eigenvalue weighted by molar-refractivity contribution is 6.30. The van der Waals surface area contributed by atoms with Gasteiger partial charge in [0.25, 0.3) is 0 Å². The second-order valence-electron chi connectivity index (χ2n) is 4.21. The third kappa shape index (κ3) is 3.56. The van der Waals surface area contributed by atoms with E-state index in [-0.39, 0.29) is 0 Å². The fourth-order valence-corrected chi connectivity index (χ4v) is 1.56. The van der Waals surface area contributed by atoms with Gasteiger partial charge in [-0.15, -0.1) is 0 Å². The molecule has 92 valence electrons. The molecular formula is C13H14ClFO2. The van der Waals surface area contributed by atoms with Gasteiger partial charge in [0, 0.05) is 10.4 Å². The van der Waals surface area contributed by atoms with E-state index in [2.05, 4.69) is 4.74 Å². The number of allylic oxidation sites excluding steroid dienone is 1. The van der Waals surface area contributed by atoms with Crippen molar-refractivity contribution in [1.82, 2.24) is 0 Å². The zero-order valence-corrected chi connectivity index (χ0v) is 10.7. The molecule has 1 aromatic rings. The summed E-state index contributed by atoms with van der Waals surface area (Å²) in [7, 11) is 1.14. The van der Waals surface area contributed by atoms with Crippen molar-refractivity contribution >= 4 is 17.6 Å². The molecule has 0 unspecified atom stereocenters. The average molecular weight is 257 g/mol. The maximum Gasteiger partial charge on any atom is 0.366 e. The number of benzene rings is 1. The van der Waals surface area contributed by atoms with E-state index >= 15 is 0 Å². The Morgan fingerprint density at radius 1 is 1.35 bits per heavy atom. The first-order valence-electron chi connectivity index (χ1n) is 5.09. The minimum Gasteiger partial charge on any atom is -0.464 e. The lowest BCUT2D eigenvalue weighted by Gasteiger charge is -2.21. The van der Waals surface area contributed by atoms with E-state index in [9.17, 15) is 9.18 Å². The van der Waals surface area contributed by atoms with Crippen molar-refractivity contribution < 1.29 is 13.9 Å². The second kappa shape index (κ2) is 5.32. The molecule has 0 radical (unpaired) electrons. The van der Waals surface area contributed by atoms with Gasteiger partial charge in [0.15, 0.2) is 0 Å². The number of esters is 1. The number of methoxy groups -OCH3 is 1. The second-order valence-corrected chi connectivity index (χ2v) is 4.65. The Morgan fingerprint density at radius 2 is 1.88 bits per heavy atom. The monoisotopic (exact) mass is 256 g/mol. The van der Waals surface area contributed by atoms with Gasteiger partial charge in [-0.2, -0.15) is 4.39 Å². The number of carbonyl (C=O) groups excluding carboxylic acids is 1. The molecule has 0 spiro atoms. The van der Waals surface area contributed by atoms with Crippen LogP contribution in [-0.4, -0.2) is 13.1 Å². The van der Waals surface area contributed by atoms with Crippen LogP contribution in [0.3, 0.4) is 0 Å². The zero-order chi connectivity index (χ0) is 13.1. The fourth-order valence-electron chi connectivity index (χ4n) is 1.44. The van der Waals surface area contributed by atoms with Crippen LogP contribution >= 0.6 is 11.6 Å². The molecular weight excluding hydrogens is 243 g/mol. The molecule has 2 nitrogen and oxygen atoms in total. The lowest BCUT2D eigenvalue weighted by Crippen LogP contribution is -2.16. The van der Waals surface area contributed by atoms with Gasteiger partial charge in [-0.25, -0.2) is 4.79 Å². The van der Waals surface area contributed by atoms with E-state index in [1.54, 1.807) is 38.1 Å². The van der Waals surface area contributed by atoms with Crippen LogP contribution in [0.4, 0.5) is 4.39 Å². The van der Waals surface area contributed by atoms with Gasteiger partial charge < -0.3 is 4.74 Å². The average Bonchev–Trinajstić information content (AvgIpc) is 2.27. The molecule has 4 heteroatoms. The minimum atomic E-state index is -0.966. The van der Waals surface area contributed by atoms with E-state index in [4.69, 9.17) is 11.6 Å². The van der Waals surface area contributed by atoms with Gasteiger partial charge in [0.1, 0.15) is 0 Å². The summed E-state index contributed by atoms with van der Waals surface area (Å²) in [6.45, 7) is 3.61. The molecule has 0 aliphatic rings.